The molecule has 0 aliphatic carbocycles. The molecule has 0 saturated heterocycles. The molecule has 7 nitrogen and oxygen atoms in total. The monoisotopic (exact) mass is 334 g/mol. The van der Waals surface area contributed by atoms with Gasteiger partial charge in [0.2, 0.25) is 0 Å². The number of hydrogen-bond donors (Lipinski definition) is 1. The third-order valence-electron chi connectivity index (χ3n) is 3.05. The van der Waals surface area contributed by atoms with Crippen molar-refractivity contribution < 1.29 is 13.2 Å². The number of ether oxygens (including phenoxy) is 1. The van der Waals surface area contributed by atoms with E-state index in [1.54, 1.807) is 17.7 Å². The predicted octanol–water partition coefficient (Wildman–Crippen LogP) is 0.525. The number of thiocarbonyl (C=S) groups is 1. The van der Waals surface area contributed by atoms with Gasteiger partial charge in [0.15, 0.2) is 5.03 Å². The second-order valence-corrected chi connectivity index (χ2v) is 6.93. The lowest BCUT2D eigenvalue weighted by molar-refractivity contribution is 0.179. The third-order valence-corrected chi connectivity index (χ3v) is 5.03. The Bertz CT molecular complexity index is 583. The zero-order valence-electron chi connectivity index (χ0n) is 12.6. The summed E-state index contributed by atoms with van der Waals surface area (Å²) < 4.78 is 33.3. The standard InChI is InChI=1S/C12H22N4O3S2/c1-4-15-9-12(14-10(15)2)21(17,18)16(7-8-19-3)6-5-11(13)20/h9H,4-8H2,1-3H3,(H2,13,20). The average Bonchev–Trinajstić information content (AvgIpc) is 2.80. The Balaban J connectivity index is 3.03. The van der Waals surface area contributed by atoms with Gasteiger partial charge in [-0.25, -0.2) is 13.4 Å². The Morgan fingerprint density at radius 2 is 2.19 bits per heavy atom. The van der Waals surface area contributed by atoms with E-state index in [1.807, 2.05) is 6.92 Å². The molecule has 0 unspecified atom stereocenters. The summed E-state index contributed by atoms with van der Waals surface area (Å²) in [6.45, 7) is 5.12. The lowest BCUT2D eigenvalue weighted by Crippen LogP contribution is -2.36. The van der Waals surface area contributed by atoms with Crippen molar-refractivity contribution in [3.8, 4) is 0 Å². The van der Waals surface area contributed by atoms with Gasteiger partial charge in [-0.15, -0.1) is 0 Å². The molecular weight excluding hydrogens is 312 g/mol. The fraction of sp³-hybridized carbons (Fsp3) is 0.667. The van der Waals surface area contributed by atoms with Gasteiger partial charge in [-0.1, -0.05) is 12.2 Å². The van der Waals surface area contributed by atoms with Crippen molar-refractivity contribution >= 4 is 27.2 Å². The number of imidazole rings is 1. The van der Waals surface area contributed by atoms with E-state index in [-0.39, 0.29) is 23.1 Å². The number of hydrogen-bond acceptors (Lipinski definition) is 5. The molecule has 0 aliphatic rings. The lowest BCUT2D eigenvalue weighted by Gasteiger charge is -2.20. The molecule has 0 amide bonds. The van der Waals surface area contributed by atoms with Gasteiger partial charge in [-0.2, -0.15) is 4.31 Å². The van der Waals surface area contributed by atoms with Gasteiger partial charge in [-0.05, 0) is 13.8 Å². The van der Waals surface area contributed by atoms with Crippen molar-refractivity contribution in [2.24, 2.45) is 5.73 Å². The maximum absolute atomic E-state index is 12.6. The van der Waals surface area contributed by atoms with Crippen molar-refractivity contribution in [2.75, 3.05) is 26.8 Å². The quantitative estimate of drug-likeness (QED) is 0.662. The Hall–Kier alpha value is -1.03. The van der Waals surface area contributed by atoms with Crippen LogP contribution in [0.4, 0.5) is 0 Å². The highest BCUT2D eigenvalue weighted by Crippen LogP contribution is 2.15. The average molecular weight is 334 g/mol. The zero-order valence-corrected chi connectivity index (χ0v) is 14.2. The molecule has 0 saturated carbocycles. The van der Waals surface area contributed by atoms with Crippen LogP contribution in [0.1, 0.15) is 19.2 Å². The molecule has 1 rings (SSSR count). The number of aromatic nitrogens is 2. The van der Waals surface area contributed by atoms with Gasteiger partial charge in [0.25, 0.3) is 10.0 Å². The Labute approximate surface area is 131 Å². The van der Waals surface area contributed by atoms with Crippen molar-refractivity contribution in [1.29, 1.82) is 0 Å². The highest BCUT2D eigenvalue weighted by molar-refractivity contribution is 7.89. The van der Waals surface area contributed by atoms with Gasteiger partial charge in [0, 0.05) is 39.4 Å². The largest absolute Gasteiger partial charge is 0.393 e. The van der Waals surface area contributed by atoms with Crippen LogP contribution in [0.2, 0.25) is 0 Å². The van der Waals surface area contributed by atoms with E-state index in [4.69, 9.17) is 22.7 Å². The van der Waals surface area contributed by atoms with E-state index in [1.165, 1.54) is 11.4 Å². The summed E-state index contributed by atoms with van der Waals surface area (Å²) in [5.41, 5.74) is 5.46. The van der Waals surface area contributed by atoms with Crippen molar-refractivity contribution in [2.45, 2.75) is 31.8 Å². The third kappa shape index (κ3) is 4.73. The Morgan fingerprint density at radius 3 is 2.67 bits per heavy atom. The Kier molecular flexibility index (Phi) is 6.72. The first-order valence-electron chi connectivity index (χ1n) is 6.64. The molecule has 0 atom stereocenters. The minimum absolute atomic E-state index is 0.0425. The molecule has 0 aliphatic heterocycles. The maximum atomic E-state index is 12.6. The summed E-state index contributed by atoms with van der Waals surface area (Å²) in [5.74, 6) is 0.664. The van der Waals surface area contributed by atoms with Crippen LogP contribution in [0.25, 0.3) is 0 Å². The molecule has 2 N–H and O–H groups in total. The molecule has 1 aromatic rings. The molecule has 120 valence electrons. The SMILES string of the molecule is CCn1cc(S(=O)(=O)N(CCOC)CCC(N)=S)nc1C. The summed E-state index contributed by atoms with van der Waals surface area (Å²) >= 11 is 4.82. The molecule has 0 aromatic carbocycles. The summed E-state index contributed by atoms with van der Waals surface area (Å²) in [6, 6.07) is 0. The highest BCUT2D eigenvalue weighted by Gasteiger charge is 2.27. The summed E-state index contributed by atoms with van der Waals surface area (Å²) in [7, 11) is -2.15. The van der Waals surface area contributed by atoms with Crippen LogP contribution in [0.5, 0.6) is 0 Å². The molecule has 0 spiro atoms. The predicted molar refractivity (Wildman–Crippen MR) is 84.7 cm³/mol. The minimum atomic E-state index is -3.67. The van der Waals surface area contributed by atoms with E-state index in [9.17, 15) is 8.42 Å². The number of rotatable bonds is 9. The molecular formula is C12H22N4O3S2. The zero-order chi connectivity index (χ0) is 16.0. The van der Waals surface area contributed by atoms with E-state index in [0.717, 1.165) is 0 Å². The van der Waals surface area contributed by atoms with Crippen LogP contribution in [-0.4, -0.2) is 54.1 Å². The summed E-state index contributed by atoms with van der Waals surface area (Å²) in [4.78, 5) is 4.42. The van der Waals surface area contributed by atoms with Crippen LogP contribution in [0.15, 0.2) is 11.2 Å². The first kappa shape index (κ1) is 18.0. The molecule has 21 heavy (non-hydrogen) atoms. The van der Waals surface area contributed by atoms with Crippen LogP contribution < -0.4 is 5.73 Å². The summed E-state index contributed by atoms with van der Waals surface area (Å²) in [6.07, 6.45) is 1.87. The van der Waals surface area contributed by atoms with E-state index in [2.05, 4.69) is 4.98 Å². The topological polar surface area (TPSA) is 90.5 Å². The number of nitrogens with zero attached hydrogens (tertiary/aromatic N) is 3. The molecule has 9 heteroatoms. The van der Waals surface area contributed by atoms with Crippen molar-refractivity contribution in [1.82, 2.24) is 13.9 Å². The highest BCUT2D eigenvalue weighted by atomic mass is 32.2. The van der Waals surface area contributed by atoms with Gasteiger partial charge in [0.1, 0.15) is 5.82 Å². The molecule has 1 heterocycles. The van der Waals surface area contributed by atoms with Crippen LogP contribution in [0, 0.1) is 6.92 Å². The fourth-order valence-electron chi connectivity index (χ4n) is 1.84. The first-order valence-corrected chi connectivity index (χ1v) is 8.49. The molecule has 0 fully saturated rings. The van der Waals surface area contributed by atoms with E-state index in [0.29, 0.717) is 25.4 Å². The minimum Gasteiger partial charge on any atom is -0.393 e. The molecule has 0 radical (unpaired) electrons. The lowest BCUT2D eigenvalue weighted by atomic mass is 10.4. The number of aryl methyl sites for hydroxylation is 2. The first-order chi connectivity index (χ1) is 9.82. The second kappa shape index (κ2) is 7.83. The normalized spacial score (nSPS) is 12.0. The molecule has 0 bridgehead atoms. The Morgan fingerprint density at radius 1 is 1.52 bits per heavy atom. The smallest absolute Gasteiger partial charge is 0.262 e. The maximum Gasteiger partial charge on any atom is 0.262 e. The second-order valence-electron chi connectivity index (χ2n) is 4.53. The fourth-order valence-corrected chi connectivity index (χ4v) is 3.35. The number of sulfonamides is 1. The van der Waals surface area contributed by atoms with Crippen molar-refractivity contribution in [3.63, 3.8) is 0 Å². The van der Waals surface area contributed by atoms with E-state index >= 15 is 0 Å². The van der Waals surface area contributed by atoms with Gasteiger partial charge in [0.05, 0.1) is 11.6 Å². The van der Waals surface area contributed by atoms with Gasteiger partial charge < -0.3 is 15.0 Å². The number of nitrogens with two attached hydrogens (primary N) is 1. The van der Waals surface area contributed by atoms with Crippen LogP contribution in [-0.2, 0) is 21.3 Å². The van der Waals surface area contributed by atoms with Crippen molar-refractivity contribution in [3.05, 3.63) is 12.0 Å². The van der Waals surface area contributed by atoms with E-state index < -0.39 is 10.0 Å². The van der Waals surface area contributed by atoms with Gasteiger partial charge in [-0.3, -0.25) is 0 Å². The van der Waals surface area contributed by atoms with Crippen LogP contribution in [0.3, 0.4) is 0 Å². The molecule has 1 aromatic heterocycles. The summed E-state index contributed by atoms with van der Waals surface area (Å²) in [5, 5.41) is 0.0425. The number of methoxy groups -OCH3 is 1. The van der Waals surface area contributed by atoms with Gasteiger partial charge >= 0.3 is 0 Å². The van der Waals surface area contributed by atoms with Crippen LogP contribution >= 0.6 is 12.2 Å².